The summed E-state index contributed by atoms with van der Waals surface area (Å²) in [6.45, 7) is 0. The number of hydrogen-bond acceptors (Lipinski definition) is 4. The fraction of sp³-hybridized carbons (Fsp3) is 0.0455. The number of carbonyl (C=O) groups excluding carboxylic acids is 1. The molecule has 0 spiro atoms. The lowest BCUT2D eigenvalue weighted by Crippen LogP contribution is -2.19. The second-order valence-electron chi connectivity index (χ2n) is 6.06. The fourth-order valence-corrected chi connectivity index (χ4v) is 3.00. The molecule has 132 valence electrons. The van der Waals surface area contributed by atoms with Crippen LogP contribution in [0.25, 0.3) is 22.2 Å². The molecule has 0 saturated carbocycles. The predicted octanol–water partition coefficient (Wildman–Crippen LogP) is 4.40. The Morgan fingerprint density at radius 2 is 1.74 bits per heavy atom. The molecule has 0 aliphatic heterocycles. The van der Waals surface area contributed by atoms with E-state index in [2.05, 4.69) is 20.6 Å². The summed E-state index contributed by atoms with van der Waals surface area (Å²) in [4.78, 5) is 21.2. The van der Waals surface area contributed by atoms with Gasteiger partial charge in [-0.05, 0) is 30.3 Å². The van der Waals surface area contributed by atoms with Gasteiger partial charge in [0.05, 0.1) is 22.5 Å². The first-order valence-electron chi connectivity index (χ1n) is 8.64. The lowest BCUT2D eigenvalue weighted by Gasteiger charge is -2.14. The zero-order chi connectivity index (χ0) is 18.6. The summed E-state index contributed by atoms with van der Waals surface area (Å²) in [6, 6.07) is 21.6. The van der Waals surface area contributed by atoms with Gasteiger partial charge in [-0.3, -0.25) is 14.8 Å². The molecule has 0 aliphatic carbocycles. The Labute approximate surface area is 157 Å². The number of fused-ring (bicyclic) bond motifs is 1. The molecule has 0 bridgehead atoms. The van der Waals surface area contributed by atoms with Gasteiger partial charge in [-0.2, -0.15) is 0 Å². The zero-order valence-corrected chi connectivity index (χ0v) is 14.8. The van der Waals surface area contributed by atoms with Crippen molar-refractivity contribution in [2.75, 3.05) is 12.4 Å². The van der Waals surface area contributed by atoms with Gasteiger partial charge < -0.3 is 10.6 Å². The second-order valence-corrected chi connectivity index (χ2v) is 6.06. The topological polar surface area (TPSA) is 66.9 Å². The van der Waals surface area contributed by atoms with Crippen LogP contribution in [0.5, 0.6) is 0 Å². The minimum absolute atomic E-state index is 0.192. The molecule has 5 heteroatoms. The van der Waals surface area contributed by atoms with E-state index in [0.29, 0.717) is 11.3 Å². The maximum absolute atomic E-state index is 12.3. The number of benzene rings is 2. The number of nitrogens with one attached hydrogen (secondary N) is 2. The number of carbonyl (C=O) groups is 1. The van der Waals surface area contributed by atoms with E-state index in [9.17, 15) is 4.79 Å². The van der Waals surface area contributed by atoms with Gasteiger partial charge in [-0.1, -0.05) is 36.4 Å². The second kappa shape index (κ2) is 7.25. The van der Waals surface area contributed by atoms with E-state index in [-0.39, 0.29) is 5.91 Å². The van der Waals surface area contributed by atoms with Crippen LogP contribution < -0.4 is 10.6 Å². The van der Waals surface area contributed by atoms with E-state index in [0.717, 1.165) is 27.8 Å². The molecular formula is C22H18N4O. The van der Waals surface area contributed by atoms with Crippen LogP contribution in [0.1, 0.15) is 10.4 Å². The molecule has 4 aromatic rings. The van der Waals surface area contributed by atoms with Crippen LogP contribution >= 0.6 is 0 Å². The molecule has 0 atom stereocenters. The Hall–Kier alpha value is -3.73. The largest absolute Gasteiger partial charge is 0.355 e. The van der Waals surface area contributed by atoms with Crippen LogP contribution in [0.15, 0.2) is 79.1 Å². The molecule has 4 rings (SSSR count). The van der Waals surface area contributed by atoms with Gasteiger partial charge >= 0.3 is 0 Å². The summed E-state index contributed by atoms with van der Waals surface area (Å²) in [5.41, 5.74) is 4.74. The third kappa shape index (κ3) is 3.35. The molecule has 2 N–H and O–H groups in total. The van der Waals surface area contributed by atoms with Crippen LogP contribution in [-0.2, 0) is 0 Å². The lowest BCUT2D eigenvalue weighted by molar-refractivity contribution is 0.0963. The van der Waals surface area contributed by atoms with Gasteiger partial charge in [0.1, 0.15) is 0 Å². The molecule has 27 heavy (non-hydrogen) atoms. The van der Waals surface area contributed by atoms with E-state index in [1.165, 1.54) is 0 Å². The predicted molar refractivity (Wildman–Crippen MR) is 108 cm³/mol. The van der Waals surface area contributed by atoms with Crippen molar-refractivity contribution in [1.82, 2.24) is 15.3 Å². The highest BCUT2D eigenvalue weighted by Gasteiger charge is 2.14. The smallest absolute Gasteiger partial charge is 0.254 e. The minimum Gasteiger partial charge on any atom is -0.355 e. The number of hydrogen-bond donors (Lipinski definition) is 2. The van der Waals surface area contributed by atoms with E-state index >= 15 is 0 Å². The number of aromatic nitrogens is 2. The van der Waals surface area contributed by atoms with Gasteiger partial charge in [0.25, 0.3) is 5.91 Å². The average Bonchev–Trinajstić information content (AvgIpc) is 2.74. The minimum atomic E-state index is -0.192. The molecule has 0 radical (unpaired) electrons. The van der Waals surface area contributed by atoms with Crippen molar-refractivity contribution in [3.63, 3.8) is 0 Å². The van der Waals surface area contributed by atoms with E-state index < -0.39 is 0 Å². The van der Waals surface area contributed by atoms with Crippen LogP contribution in [-0.4, -0.2) is 22.9 Å². The summed E-state index contributed by atoms with van der Waals surface area (Å²) in [6.07, 6.45) is 3.37. The summed E-state index contributed by atoms with van der Waals surface area (Å²) in [5, 5.41) is 7.06. The Bertz CT molecular complexity index is 1100. The van der Waals surface area contributed by atoms with Gasteiger partial charge in [0, 0.05) is 36.1 Å². The van der Waals surface area contributed by atoms with E-state index in [4.69, 9.17) is 0 Å². The van der Waals surface area contributed by atoms with Gasteiger partial charge in [-0.15, -0.1) is 0 Å². The molecule has 0 unspecified atom stereocenters. The van der Waals surface area contributed by atoms with Crippen LogP contribution in [0.4, 0.5) is 11.4 Å². The highest BCUT2D eigenvalue weighted by Crippen LogP contribution is 2.29. The molecule has 0 aliphatic rings. The van der Waals surface area contributed by atoms with Gasteiger partial charge in [-0.25, -0.2) is 0 Å². The third-order valence-corrected chi connectivity index (χ3v) is 4.36. The van der Waals surface area contributed by atoms with Crippen molar-refractivity contribution in [3.8, 4) is 11.3 Å². The first-order valence-corrected chi connectivity index (χ1v) is 8.64. The Balaban J connectivity index is 1.83. The van der Waals surface area contributed by atoms with Crippen molar-refractivity contribution in [1.29, 1.82) is 0 Å². The summed E-state index contributed by atoms with van der Waals surface area (Å²) < 4.78 is 0. The quantitative estimate of drug-likeness (QED) is 0.570. The van der Waals surface area contributed by atoms with E-state index in [1.807, 2.05) is 66.7 Å². The number of pyridine rings is 2. The molecule has 2 aromatic heterocycles. The Kier molecular flexibility index (Phi) is 4.49. The molecule has 0 saturated heterocycles. The van der Waals surface area contributed by atoms with Crippen LogP contribution in [0, 0.1) is 0 Å². The third-order valence-electron chi connectivity index (χ3n) is 4.36. The normalized spacial score (nSPS) is 10.6. The Morgan fingerprint density at radius 1 is 0.889 bits per heavy atom. The van der Waals surface area contributed by atoms with Crippen molar-refractivity contribution in [3.05, 3.63) is 84.7 Å². The lowest BCUT2D eigenvalue weighted by atomic mass is 10.1. The first kappa shape index (κ1) is 16.7. The number of nitrogens with zero attached hydrogens (tertiary/aromatic N) is 2. The first-order chi connectivity index (χ1) is 13.3. The number of anilines is 2. The summed E-state index contributed by atoms with van der Waals surface area (Å²) >= 11 is 0. The number of rotatable bonds is 4. The SMILES string of the molecule is CNC(=O)c1cnc(-c2ccccc2)cc1Nc1cccc2ncccc12. The molecule has 0 fully saturated rings. The fourth-order valence-electron chi connectivity index (χ4n) is 3.00. The van der Waals surface area contributed by atoms with Crippen LogP contribution in [0.3, 0.4) is 0 Å². The van der Waals surface area contributed by atoms with Crippen molar-refractivity contribution in [2.24, 2.45) is 0 Å². The molecule has 2 aromatic carbocycles. The average molecular weight is 354 g/mol. The molecule has 5 nitrogen and oxygen atoms in total. The van der Waals surface area contributed by atoms with Crippen LogP contribution in [0.2, 0.25) is 0 Å². The van der Waals surface area contributed by atoms with Gasteiger partial charge in [0.15, 0.2) is 0 Å². The molecule has 1 amide bonds. The standard InChI is InChI=1S/C22H18N4O/c1-23-22(27)17-14-25-20(15-7-3-2-4-8-15)13-21(17)26-19-11-5-10-18-16(19)9-6-12-24-18/h2-14H,1H3,(H,23,27)(H,25,26). The van der Waals surface area contributed by atoms with Crippen molar-refractivity contribution < 1.29 is 4.79 Å². The zero-order valence-electron chi connectivity index (χ0n) is 14.8. The summed E-state index contributed by atoms with van der Waals surface area (Å²) in [7, 11) is 1.61. The highest BCUT2D eigenvalue weighted by atomic mass is 16.1. The maximum Gasteiger partial charge on any atom is 0.254 e. The summed E-state index contributed by atoms with van der Waals surface area (Å²) in [5.74, 6) is -0.192. The molecular weight excluding hydrogens is 336 g/mol. The molecule has 2 heterocycles. The van der Waals surface area contributed by atoms with E-state index in [1.54, 1.807) is 19.4 Å². The highest BCUT2D eigenvalue weighted by molar-refractivity contribution is 6.02. The maximum atomic E-state index is 12.3. The number of amides is 1. The monoisotopic (exact) mass is 354 g/mol. The van der Waals surface area contributed by atoms with Crippen molar-refractivity contribution >= 4 is 28.2 Å². The van der Waals surface area contributed by atoms with Crippen molar-refractivity contribution in [2.45, 2.75) is 0 Å². The Morgan fingerprint density at radius 3 is 2.56 bits per heavy atom. The van der Waals surface area contributed by atoms with Gasteiger partial charge in [0.2, 0.25) is 0 Å².